The summed E-state index contributed by atoms with van der Waals surface area (Å²) in [4.78, 5) is 19.0. The molecular weight excluding hydrogens is 414 g/mol. The van der Waals surface area contributed by atoms with E-state index in [0.29, 0.717) is 6.54 Å². The predicted octanol–water partition coefficient (Wildman–Crippen LogP) is 2.21. The molecule has 0 aliphatic carbocycles. The first-order valence-electron chi connectivity index (χ1n) is 10.7. The molecule has 9 heteroatoms. The number of halogens is 1. The van der Waals surface area contributed by atoms with E-state index < -0.39 is 22.3 Å². The summed E-state index contributed by atoms with van der Waals surface area (Å²) in [6.45, 7) is 3.76. The van der Waals surface area contributed by atoms with Gasteiger partial charge in [0.1, 0.15) is 11.4 Å². The van der Waals surface area contributed by atoms with Crippen LogP contribution in [0.15, 0.2) is 41.2 Å². The van der Waals surface area contributed by atoms with E-state index in [1.807, 2.05) is 23.1 Å². The van der Waals surface area contributed by atoms with Gasteiger partial charge in [0.15, 0.2) is 5.82 Å². The number of benzene rings is 2. The predicted molar refractivity (Wildman–Crippen MR) is 131 cm³/mol. The topological polar surface area (TPSA) is 58.4 Å². The molecule has 1 N–H and O–H groups in total. The summed E-state index contributed by atoms with van der Waals surface area (Å²) >= 11 is 0. The van der Waals surface area contributed by atoms with Crippen molar-refractivity contribution in [3.8, 4) is 11.8 Å². The molecule has 0 spiro atoms. The summed E-state index contributed by atoms with van der Waals surface area (Å²) in [5, 5.41) is 8.09. The molecule has 2 heterocycles. The first kappa shape index (κ1) is 23.2. The van der Waals surface area contributed by atoms with E-state index in [0.717, 1.165) is 40.6 Å². The highest BCUT2D eigenvalue weighted by atomic mass is 19.1. The molecule has 0 amide bonds. The van der Waals surface area contributed by atoms with Gasteiger partial charge in [-0.3, -0.25) is 0 Å². The van der Waals surface area contributed by atoms with Crippen LogP contribution >= 0.6 is 0 Å². The highest BCUT2D eigenvalue weighted by Gasteiger charge is 2.27. The second-order valence-corrected chi connectivity index (χ2v) is 8.80. The summed E-state index contributed by atoms with van der Waals surface area (Å²) in [7, 11) is 17.4. The Bertz CT molecular complexity index is 1350. The maximum Gasteiger partial charge on any atom is 0.348 e. The Morgan fingerprint density at radius 2 is 1.85 bits per heavy atom. The molecule has 0 atom stereocenters. The minimum absolute atomic E-state index is 0.101. The molecule has 160 valence electrons. The Kier molecular flexibility index (Phi) is 5.92. The Morgan fingerprint density at radius 1 is 1.12 bits per heavy atom. The summed E-state index contributed by atoms with van der Waals surface area (Å²) in [6.07, 6.45) is 2.42. The van der Waals surface area contributed by atoms with Gasteiger partial charge in [-0.2, -0.15) is 4.98 Å². The number of aromatic nitrogens is 2. The van der Waals surface area contributed by atoms with Crippen LogP contribution in [0.3, 0.4) is 0 Å². The van der Waals surface area contributed by atoms with Gasteiger partial charge in [-0.1, -0.05) is 29.2 Å². The lowest BCUT2D eigenvalue weighted by Crippen LogP contribution is -2.44. The Balaban J connectivity index is 2.00. The van der Waals surface area contributed by atoms with Crippen LogP contribution in [0.1, 0.15) is 37.8 Å². The second kappa shape index (κ2) is 8.42. The number of nitrogens with zero attached hydrogens (tertiary/aromatic N) is 3. The number of rotatable bonds is 2. The summed E-state index contributed by atoms with van der Waals surface area (Å²) in [6, 6.07) is 9.92. The Morgan fingerprint density at radius 3 is 2.55 bits per heavy atom. The molecule has 4 rings (SSSR count). The second-order valence-electron chi connectivity index (χ2n) is 8.80. The third kappa shape index (κ3) is 4.58. The van der Waals surface area contributed by atoms with E-state index in [1.54, 1.807) is 13.8 Å². The highest BCUT2D eigenvalue weighted by Crippen LogP contribution is 2.37. The zero-order chi connectivity index (χ0) is 24.0. The molecule has 0 bridgehead atoms. The first-order chi connectivity index (χ1) is 15.5. The maximum atomic E-state index is 15.2. The number of hydrogen-bond acceptors (Lipinski definition) is 4. The van der Waals surface area contributed by atoms with Gasteiger partial charge in [-0.25, -0.2) is 9.18 Å². The third-order valence-electron chi connectivity index (χ3n) is 5.50. The monoisotopic (exact) mass is 435 g/mol. The average Bonchev–Trinajstić information content (AvgIpc) is 2.93. The largest absolute Gasteiger partial charge is 0.378 e. The molecular formula is C24H21B3FN3O2. The Labute approximate surface area is 196 Å². The fourth-order valence-corrected chi connectivity index (χ4v) is 4.13. The van der Waals surface area contributed by atoms with Gasteiger partial charge in [-0.05, 0) is 62.9 Å². The average molecular weight is 435 g/mol. The number of hydrogen-bond donors (Lipinski definition) is 1. The molecule has 0 saturated carbocycles. The van der Waals surface area contributed by atoms with Crippen LogP contribution in [0.4, 0.5) is 15.9 Å². The molecule has 0 unspecified atom stereocenters. The SMILES string of the molecule is [B]C([B])([B])n1c(=O)nc(N2CCCCc3c(C#CC(C)(C)O)cccc32)c2c(F)cccc21. The van der Waals surface area contributed by atoms with E-state index in [-0.39, 0.29) is 16.7 Å². The maximum absolute atomic E-state index is 15.2. The number of anilines is 2. The third-order valence-corrected chi connectivity index (χ3v) is 5.50. The quantitative estimate of drug-likeness (QED) is 0.496. The molecule has 0 saturated heterocycles. The molecule has 1 aliphatic heterocycles. The van der Waals surface area contributed by atoms with Crippen molar-refractivity contribution in [1.29, 1.82) is 0 Å². The smallest absolute Gasteiger partial charge is 0.348 e. The van der Waals surface area contributed by atoms with E-state index in [2.05, 4.69) is 16.8 Å². The van der Waals surface area contributed by atoms with Crippen LogP contribution in [0.25, 0.3) is 10.9 Å². The summed E-state index contributed by atoms with van der Waals surface area (Å²) < 4.78 is 16.0. The fourth-order valence-electron chi connectivity index (χ4n) is 4.13. The van der Waals surface area contributed by atoms with Crippen LogP contribution in [0, 0.1) is 17.7 Å². The van der Waals surface area contributed by atoms with E-state index in [4.69, 9.17) is 23.5 Å². The van der Waals surface area contributed by atoms with E-state index in [9.17, 15) is 9.90 Å². The van der Waals surface area contributed by atoms with Crippen molar-refractivity contribution in [2.24, 2.45) is 0 Å². The van der Waals surface area contributed by atoms with Crippen molar-refractivity contribution in [1.82, 2.24) is 9.55 Å². The van der Waals surface area contributed by atoms with Crippen LogP contribution in [-0.4, -0.2) is 50.3 Å². The minimum atomic E-state index is -2.05. The van der Waals surface area contributed by atoms with Gasteiger partial charge in [0.25, 0.3) is 0 Å². The van der Waals surface area contributed by atoms with E-state index >= 15 is 4.39 Å². The van der Waals surface area contributed by atoms with Gasteiger partial charge < -0.3 is 14.6 Å². The lowest BCUT2D eigenvalue weighted by atomic mass is 9.49. The van der Waals surface area contributed by atoms with Crippen molar-refractivity contribution in [3.63, 3.8) is 0 Å². The van der Waals surface area contributed by atoms with Gasteiger partial charge in [0, 0.05) is 17.8 Å². The van der Waals surface area contributed by atoms with Crippen molar-refractivity contribution in [2.75, 3.05) is 11.4 Å². The first-order valence-corrected chi connectivity index (χ1v) is 10.7. The molecule has 33 heavy (non-hydrogen) atoms. The van der Waals surface area contributed by atoms with Crippen molar-refractivity contribution in [3.05, 3.63) is 63.8 Å². The molecule has 1 aliphatic rings. The lowest BCUT2D eigenvalue weighted by Gasteiger charge is -2.30. The summed E-state index contributed by atoms with van der Waals surface area (Å²) in [5.41, 5.74) is 0.736. The highest BCUT2D eigenvalue weighted by molar-refractivity contribution is 6.56. The minimum Gasteiger partial charge on any atom is -0.378 e. The number of aliphatic hydroxyl groups is 1. The van der Waals surface area contributed by atoms with Gasteiger partial charge in [0.2, 0.25) is 0 Å². The van der Waals surface area contributed by atoms with Crippen LogP contribution in [0.5, 0.6) is 0 Å². The van der Waals surface area contributed by atoms with Crippen LogP contribution in [0.2, 0.25) is 0 Å². The van der Waals surface area contributed by atoms with Crippen LogP contribution < -0.4 is 10.6 Å². The Hall–Kier alpha value is -2.98. The van der Waals surface area contributed by atoms with Crippen molar-refractivity contribution >= 4 is 45.9 Å². The standard InChI is InChI=1S/C24H21B3FN3O2/c1-23(2,33)13-12-15-7-5-10-18-16(15)8-3-4-14-30(18)21-20-17(28)9-6-11-19(20)31(22(32)29-21)24(25,26)27/h5-7,9-11,33H,3-4,8,14H2,1-2H3. The molecule has 3 aromatic rings. The van der Waals surface area contributed by atoms with Gasteiger partial charge >= 0.3 is 5.69 Å². The molecule has 6 radical (unpaired) electrons. The van der Waals surface area contributed by atoms with Crippen molar-refractivity contribution < 1.29 is 9.50 Å². The molecule has 1 aromatic heterocycles. The fraction of sp³-hybridized carbons (Fsp3) is 0.333. The summed E-state index contributed by atoms with van der Waals surface area (Å²) in [5.74, 6) is 5.51. The number of fused-ring (bicyclic) bond motifs is 2. The molecule has 5 nitrogen and oxygen atoms in total. The zero-order valence-corrected chi connectivity index (χ0v) is 18.6. The van der Waals surface area contributed by atoms with E-state index in [1.165, 1.54) is 18.2 Å². The lowest BCUT2D eigenvalue weighted by molar-refractivity contribution is 0.143. The molecule has 2 aromatic carbocycles. The molecule has 0 fully saturated rings. The zero-order valence-electron chi connectivity index (χ0n) is 18.6. The normalized spacial score (nSPS) is 14.4. The van der Waals surface area contributed by atoms with Gasteiger partial charge in [0.05, 0.1) is 34.4 Å². The van der Waals surface area contributed by atoms with Gasteiger partial charge in [-0.15, -0.1) is 0 Å². The van der Waals surface area contributed by atoms with Crippen LogP contribution in [-0.2, 0) is 11.7 Å². The van der Waals surface area contributed by atoms with Crippen molar-refractivity contribution in [2.45, 2.75) is 43.9 Å².